The van der Waals surface area contributed by atoms with Gasteiger partial charge in [-0.05, 0) is 30.3 Å². The quantitative estimate of drug-likeness (QED) is 0.795. The predicted molar refractivity (Wildman–Crippen MR) is 65.6 cm³/mol. The summed E-state index contributed by atoms with van der Waals surface area (Å²) in [4.78, 5) is 15.9. The summed E-state index contributed by atoms with van der Waals surface area (Å²) in [6.07, 6.45) is 0.237. The summed E-state index contributed by atoms with van der Waals surface area (Å²) in [5.41, 5.74) is 0.245. The molecule has 1 aromatic carbocycles. The van der Waals surface area contributed by atoms with Crippen molar-refractivity contribution >= 4 is 5.78 Å². The molecule has 0 saturated carbocycles. The van der Waals surface area contributed by atoms with Gasteiger partial charge >= 0.3 is 0 Å². The van der Waals surface area contributed by atoms with Gasteiger partial charge in [0.1, 0.15) is 5.75 Å². The number of hydrogen-bond donors (Lipinski definition) is 0. The highest BCUT2D eigenvalue weighted by molar-refractivity contribution is 6.08. The molecule has 0 aliphatic carbocycles. The number of hydrogen-bond acceptors (Lipinski definition) is 3. The fourth-order valence-electron chi connectivity index (χ4n) is 1.71. The van der Waals surface area contributed by atoms with E-state index in [0.717, 1.165) is 6.07 Å². The van der Waals surface area contributed by atoms with E-state index >= 15 is 0 Å². The maximum Gasteiger partial charge on any atom is 0.267 e. The van der Waals surface area contributed by atoms with Gasteiger partial charge in [-0.15, -0.1) is 0 Å². The van der Waals surface area contributed by atoms with Crippen molar-refractivity contribution in [2.45, 2.75) is 6.43 Å². The fourth-order valence-corrected chi connectivity index (χ4v) is 1.71. The Bertz CT molecular complexity index is 585. The highest BCUT2D eigenvalue weighted by atomic mass is 19.3. The van der Waals surface area contributed by atoms with Gasteiger partial charge in [0.05, 0.1) is 12.7 Å². The Labute approximate surface area is 108 Å². The van der Waals surface area contributed by atoms with Crippen molar-refractivity contribution in [2.24, 2.45) is 0 Å². The Hall–Kier alpha value is -2.30. The average Bonchev–Trinajstić information content (AvgIpc) is 2.46. The lowest BCUT2D eigenvalue weighted by molar-refractivity contribution is 0.103. The van der Waals surface area contributed by atoms with E-state index in [1.54, 1.807) is 12.1 Å². The molecular formula is C14H11F2NO2. The van der Waals surface area contributed by atoms with Gasteiger partial charge in [0.2, 0.25) is 0 Å². The van der Waals surface area contributed by atoms with Crippen LogP contribution >= 0.6 is 0 Å². The minimum absolute atomic E-state index is 0.0673. The first-order valence-corrected chi connectivity index (χ1v) is 5.54. The lowest BCUT2D eigenvalue weighted by atomic mass is 10.0. The standard InChI is InChI=1S/C14H11F2NO2/c1-19-12-5-4-9(7-11(12)14(15)16)13(18)10-3-2-6-17-8-10/h2-8,14H,1H3. The largest absolute Gasteiger partial charge is 0.496 e. The van der Waals surface area contributed by atoms with Crippen LogP contribution in [-0.2, 0) is 0 Å². The van der Waals surface area contributed by atoms with E-state index in [4.69, 9.17) is 4.74 Å². The molecule has 2 aromatic rings. The van der Waals surface area contributed by atoms with Gasteiger partial charge in [-0.3, -0.25) is 9.78 Å². The summed E-state index contributed by atoms with van der Waals surface area (Å²) in [7, 11) is 1.31. The number of carbonyl (C=O) groups is 1. The van der Waals surface area contributed by atoms with Gasteiger partial charge in [-0.2, -0.15) is 0 Å². The second kappa shape index (κ2) is 5.56. The lowest BCUT2D eigenvalue weighted by Gasteiger charge is -2.09. The molecule has 0 amide bonds. The SMILES string of the molecule is COc1ccc(C(=O)c2cccnc2)cc1C(F)F. The summed E-state index contributed by atoms with van der Waals surface area (Å²) in [6.45, 7) is 0. The highest BCUT2D eigenvalue weighted by Crippen LogP contribution is 2.30. The van der Waals surface area contributed by atoms with Gasteiger partial charge in [-0.1, -0.05) is 0 Å². The summed E-state index contributed by atoms with van der Waals surface area (Å²) >= 11 is 0. The van der Waals surface area contributed by atoms with E-state index in [9.17, 15) is 13.6 Å². The molecule has 0 bridgehead atoms. The van der Waals surface area contributed by atoms with Crippen molar-refractivity contribution in [3.8, 4) is 5.75 Å². The first kappa shape index (κ1) is 13.1. The molecular weight excluding hydrogens is 252 g/mol. The number of benzene rings is 1. The van der Waals surface area contributed by atoms with Crippen LogP contribution in [0.5, 0.6) is 5.75 Å². The predicted octanol–water partition coefficient (Wildman–Crippen LogP) is 3.26. The van der Waals surface area contributed by atoms with Crippen LogP contribution in [0.1, 0.15) is 27.9 Å². The number of methoxy groups -OCH3 is 1. The van der Waals surface area contributed by atoms with Crippen molar-refractivity contribution in [2.75, 3.05) is 7.11 Å². The highest BCUT2D eigenvalue weighted by Gasteiger charge is 2.17. The second-order valence-corrected chi connectivity index (χ2v) is 3.83. The van der Waals surface area contributed by atoms with Crippen LogP contribution in [0.15, 0.2) is 42.7 Å². The number of ether oxygens (including phenoxy) is 1. The Kier molecular flexibility index (Phi) is 3.85. The second-order valence-electron chi connectivity index (χ2n) is 3.83. The molecule has 3 nitrogen and oxygen atoms in total. The number of nitrogens with zero attached hydrogens (tertiary/aromatic N) is 1. The molecule has 0 saturated heterocycles. The lowest BCUT2D eigenvalue weighted by Crippen LogP contribution is -2.03. The Morgan fingerprint density at radius 2 is 2.05 bits per heavy atom. The zero-order valence-electron chi connectivity index (χ0n) is 10.1. The van der Waals surface area contributed by atoms with Crippen LogP contribution in [0, 0.1) is 0 Å². The zero-order valence-corrected chi connectivity index (χ0v) is 10.1. The first-order valence-electron chi connectivity index (χ1n) is 5.54. The van der Waals surface area contributed by atoms with Crippen LogP contribution in [0.2, 0.25) is 0 Å². The molecule has 2 rings (SSSR count). The third-order valence-corrected chi connectivity index (χ3v) is 2.65. The molecule has 0 aliphatic rings. The van der Waals surface area contributed by atoms with Crippen LogP contribution in [-0.4, -0.2) is 17.9 Å². The summed E-state index contributed by atoms with van der Waals surface area (Å²) in [6, 6.07) is 7.18. The van der Waals surface area contributed by atoms with Gasteiger partial charge in [0.15, 0.2) is 5.78 Å². The van der Waals surface area contributed by atoms with Gasteiger partial charge in [-0.25, -0.2) is 8.78 Å². The van der Waals surface area contributed by atoms with Gasteiger partial charge in [0.25, 0.3) is 6.43 Å². The van der Waals surface area contributed by atoms with E-state index in [1.807, 2.05) is 0 Å². The Morgan fingerprint density at radius 1 is 1.26 bits per heavy atom. The first-order chi connectivity index (χ1) is 9.13. The van der Waals surface area contributed by atoms with Crippen molar-refractivity contribution in [1.29, 1.82) is 0 Å². The molecule has 0 aliphatic heterocycles. The minimum atomic E-state index is -2.70. The number of alkyl halides is 2. The topological polar surface area (TPSA) is 39.2 Å². The van der Waals surface area contributed by atoms with Crippen molar-refractivity contribution in [1.82, 2.24) is 4.98 Å². The van der Waals surface area contributed by atoms with E-state index < -0.39 is 6.43 Å². The van der Waals surface area contributed by atoms with Crippen LogP contribution < -0.4 is 4.74 Å². The van der Waals surface area contributed by atoms with Crippen molar-refractivity contribution < 1.29 is 18.3 Å². The Morgan fingerprint density at radius 3 is 2.63 bits per heavy atom. The Balaban J connectivity index is 2.41. The van der Waals surface area contributed by atoms with Crippen molar-refractivity contribution in [3.05, 3.63) is 59.4 Å². The smallest absolute Gasteiger partial charge is 0.267 e. The number of halogens is 2. The molecule has 19 heavy (non-hydrogen) atoms. The third-order valence-electron chi connectivity index (χ3n) is 2.65. The van der Waals surface area contributed by atoms with Crippen LogP contribution in [0.4, 0.5) is 8.78 Å². The normalized spacial score (nSPS) is 10.5. The zero-order chi connectivity index (χ0) is 13.8. The molecule has 1 heterocycles. The molecule has 0 N–H and O–H groups in total. The molecule has 98 valence electrons. The van der Waals surface area contributed by atoms with Gasteiger partial charge < -0.3 is 4.74 Å². The molecule has 0 fully saturated rings. The van der Waals surface area contributed by atoms with E-state index in [1.165, 1.54) is 31.6 Å². The summed E-state index contributed by atoms with van der Waals surface area (Å²) < 4.78 is 30.6. The summed E-state index contributed by atoms with van der Waals surface area (Å²) in [5.74, 6) is -0.282. The molecule has 0 unspecified atom stereocenters. The molecule has 0 spiro atoms. The molecule has 1 aromatic heterocycles. The number of carbonyl (C=O) groups excluding carboxylic acids is 1. The molecule has 0 radical (unpaired) electrons. The number of pyridine rings is 1. The fraction of sp³-hybridized carbons (Fsp3) is 0.143. The maximum atomic E-state index is 12.9. The molecule has 0 atom stereocenters. The van der Waals surface area contributed by atoms with E-state index in [-0.39, 0.29) is 22.7 Å². The maximum absolute atomic E-state index is 12.9. The number of aromatic nitrogens is 1. The third kappa shape index (κ3) is 2.76. The summed E-state index contributed by atoms with van der Waals surface area (Å²) in [5, 5.41) is 0. The molecule has 5 heteroatoms. The van der Waals surface area contributed by atoms with E-state index in [0.29, 0.717) is 5.56 Å². The van der Waals surface area contributed by atoms with Crippen molar-refractivity contribution in [3.63, 3.8) is 0 Å². The minimum Gasteiger partial charge on any atom is -0.496 e. The number of ketones is 1. The van der Waals surface area contributed by atoms with E-state index in [2.05, 4.69) is 4.98 Å². The van der Waals surface area contributed by atoms with Crippen LogP contribution in [0.3, 0.4) is 0 Å². The number of rotatable bonds is 4. The monoisotopic (exact) mass is 263 g/mol. The average molecular weight is 263 g/mol. The van der Waals surface area contributed by atoms with Crippen LogP contribution in [0.25, 0.3) is 0 Å². The van der Waals surface area contributed by atoms with Gasteiger partial charge in [0, 0.05) is 23.5 Å².